The predicted octanol–water partition coefficient (Wildman–Crippen LogP) is 2.53. The van der Waals surface area contributed by atoms with Gasteiger partial charge in [-0.1, -0.05) is 18.2 Å². The van der Waals surface area contributed by atoms with E-state index in [2.05, 4.69) is 32.3 Å². The number of nitrogens with one attached hydrogen (secondary N) is 2. The van der Waals surface area contributed by atoms with E-state index in [-0.39, 0.29) is 5.82 Å². The number of piperazine rings is 1. The summed E-state index contributed by atoms with van der Waals surface area (Å²) in [4.78, 5) is 13.6. The molecule has 0 aliphatic carbocycles. The summed E-state index contributed by atoms with van der Waals surface area (Å²) in [5.74, 6) is 0.726. The number of aromatic nitrogens is 1. The van der Waals surface area contributed by atoms with E-state index in [1.165, 1.54) is 6.07 Å². The van der Waals surface area contributed by atoms with E-state index >= 15 is 0 Å². The lowest BCUT2D eigenvalue weighted by Gasteiger charge is -2.36. The van der Waals surface area contributed by atoms with Crippen molar-refractivity contribution in [2.75, 3.05) is 57.3 Å². The van der Waals surface area contributed by atoms with Gasteiger partial charge in [-0.15, -0.1) is 0 Å². The highest BCUT2D eigenvalue weighted by molar-refractivity contribution is 5.79. The second kappa shape index (κ2) is 12.1. The number of aliphatic imine (C=N–C) groups is 1. The molecule has 2 aromatic rings. The Morgan fingerprint density at radius 1 is 1.07 bits per heavy atom. The summed E-state index contributed by atoms with van der Waals surface area (Å²) in [6.07, 6.45) is 3.71. The van der Waals surface area contributed by atoms with Crippen LogP contribution in [0.25, 0.3) is 0 Å². The average Bonchev–Trinajstić information content (AvgIpc) is 2.78. The van der Waals surface area contributed by atoms with E-state index in [1.54, 1.807) is 6.07 Å². The maximum atomic E-state index is 14.0. The highest BCUT2D eigenvalue weighted by atomic mass is 19.1. The first-order valence-corrected chi connectivity index (χ1v) is 10.9. The molecule has 0 saturated carbocycles. The predicted molar refractivity (Wildman–Crippen MR) is 122 cm³/mol. The Balaban J connectivity index is 1.35. The average molecular weight is 413 g/mol. The topological polar surface area (TPSA) is 55.8 Å². The summed E-state index contributed by atoms with van der Waals surface area (Å²) < 4.78 is 14.0. The Morgan fingerprint density at radius 2 is 1.87 bits per heavy atom. The lowest BCUT2D eigenvalue weighted by atomic mass is 10.2. The van der Waals surface area contributed by atoms with Gasteiger partial charge in [-0.2, -0.15) is 0 Å². The van der Waals surface area contributed by atoms with Crippen molar-refractivity contribution in [3.05, 3.63) is 60.2 Å². The SMILES string of the molecule is CCNC(=NCCCN1CCN(c2ccccc2F)CC1)NCCc1ccccn1. The number of halogens is 1. The summed E-state index contributed by atoms with van der Waals surface area (Å²) in [7, 11) is 0. The Labute approximate surface area is 179 Å². The van der Waals surface area contributed by atoms with Gasteiger partial charge in [0.05, 0.1) is 5.69 Å². The van der Waals surface area contributed by atoms with Crippen molar-refractivity contribution in [1.29, 1.82) is 0 Å². The zero-order valence-corrected chi connectivity index (χ0v) is 17.9. The number of benzene rings is 1. The molecule has 0 bridgehead atoms. The maximum absolute atomic E-state index is 14.0. The number of anilines is 1. The first-order chi connectivity index (χ1) is 14.8. The molecule has 0 spiro atoms. The molecule has 2 N–H and O–H groups in total. The third kappa shape index (κ3) is 6.99. The molecule has 7 heteroatoms. The van der Waals surface area contributed by atoms with Crippen molar-refractivity contribution in [3.8, 4) is 0 Å². The number of rotatable bonds is 9. The van der Waals surface area contributed by atoms with Gasteiger partial charge in [-0.3, -0.25) is 14.9 Å². The molecule has 162 valence electrons. The van der Waals surface area contributed by atoms with Crippen LogP contribution in [-0.2, 0) is 6.42 Å². The number of para-hydroxylation sites is 1. The normalized spacial score (nSPS) is 15.3. The Bertz CT molecular complexity index is 774. The van der Waals surface area contributed by atoms with Gasteiger partial charge in [0.2, 0.25) is 0 Å². The second-order valence-electron chi connectivity index (χ2n) is 7.39. The van der Waals surface area contributed by atoms with Gasteiger partial charge in [0, 0.05) is 70.7 Å². The molecule has 0 radical (unpaired) electrons. The minimum atomic E-state index is -0.133. The van der Waals surface area contributed by atoms with Crippen LogP contribution in [0.1, 0.15) is 19.0 Å². The van der Waals surface area contributed by atoms with Gasteiger partial charge >= 0.3 is 0 Å². The zero-order chi connectivity index (χ0) is 21.0. The standard InChI is InChI=1S/C23H33FN6/c1-2-25-23(28-14-11-20-8-5-6-12-26-20)27-13-7-15-29-16-18-30(19-17-29)22-10-4-3-9-21(22)24/h3-6,8-10,12H,2,7,11,13-19H2,1H3,(H2,25,27,28). The molecule has 1 fully saturated rings. The monoisotopic (exact) mass is 412 g/mol. The van der Waals surface area contributed by atoms with Crippen LogP contribution in [0.2, 0.25) is 0 Å². The number of guanidine groups is 1. The Hall–Kier alpha value is -2.67. The van der Waals surface area contributed by atoms with E-state index < -0.39 is 0 Å². The van der Waals surface area contributed by atoms with Gasteiger partial charge < -0.3 is 15.5 Å². The molecule has 1 aromatic carbocycles. The lowest BCUT2D eigenvalue weighted by molar-refractivity contribution is 0.256. The second-order valence-corrected chi connectivity index (χ2v) is 7.39. The molecule has 0 atom stereocenters. The number of hydrogen-bond acceptors (Lipinski definition) is 4. The molecule has 30 heavy (non-hydrogen) atoms. The molecule has 1 aliphatic rings. The number of nitrogens with zero attached hydrogens (tertiary/aromatic N) is 4. The van der Waals surface area contributed by atoms with Crippen molar-refractivity contribution < 1.29 is 4.39 Å². The van der Waals surface area contributed by atoms with E-state index in [0.717, 1.165) is 76.9 Å². The summed E-state index contributed by atoms with van der Waals surface area (Å²) in [5.41, 5.74) is 1.80. The lowest BCUT2D eigenvalue weighted by Crippen LogP contribution is -2.47. The van der Waals surface area contributed by atoms with Crippen molar-refractivity contribution in [1.82, 2.24) is 20.5 Å². The van der Waals surface area contributed by atoms with E-state index in [1.807, 2.05) is 36.5 Å². The third-order valence-corrected chi connectivity index (χ3v) is 5.21. The fraction of sp³-hybridized carbons (Fsp3) is 0.478. The van der Waals surface area contributed by atoms with Crippen molar-refractivity contribution >= 4 is 11.6 Å². The fourth-order valence-electron chi connectivity index (χ4n) is 3.60. The number of pyridine rings is 1. The van der Waals surface area contributed by atoms with Crippen molar-refractivity contribution in [3.63, 3.8) is 0 Å². The van der Waals surface area contributed by atoms with Crippen LogP contribution < -0.4 is 15.5 Å². The summed E-state index contributed by atoms with van der Waals surface area (Å²) in [5, 5.41) is 6.68. The molecule has 1 aliphatic heterocycles. The first kappa shape index (κ1) is 22.0. The highest BCUT2D eigenvalue weighted by Gasteiger charge is 2.18. The summed E-state index contributed by atoms with van der Waals surface area (Å²) in [6.45, 7) is 9.17. The summed E-state index contributed by atoms with van der Waals surface area (Å²) in [6, 6.07) is 13.0. The van der Waals surface area contributed by atoms with Crippen LogP contribution >= 0.6 is 0 Å². The molecule has 0 amide bonds. The minimum absolute atomic E-state index is 0.133. The van der Waals surface area contributed by atoms with Crippen LogP contribution in [0.4, 0.5) is 10.1 Å². The highest BCUT2D eigenvalue weighted by Crippen LogP contribution is 2.20. The molecule has 0 unspecified atom stereocenters. The van der Waals surface area contributed by atoms with Gasteiger partial charge in [0.15, 0.2) is 5.96 Å². The van der Waals surface area contributed by atoms with Crippen LogP contribution in [0.5, 0.6) is 0 Å². The van der Waals surface area contributed by atoms with Gasteiger partial charge in [0.1, 0.15) is 5.82 Å². The molecular formula is C23H33FN6. The first-order valence-electron chi connectivity index (χ1n) is 10.9. The van der Waals surface area contributed by atoms with Crippen LogP contribution in [0.3, 0.4) is 0 Å². The molecule has 3 rings (SSSR count). The van der Waals surface area contributed by atoms with Crippen LogP contribution in [0, 0.1) is 5.82 Å². The van der Waals surface area contributed by atoms with Crippen LogP contribution in [0.15, 0.2) is 53.7 Å². The molecule has 2 heterocycles. The zero-order valence-electron chi connectivity index (χ0n) is 17.9. The van der Waals surface area contributed by atoms with Gasteiger partial charge in [0.25, 0.3) is 0 Å². The Morgan fingerprint density at radius 3 is 2.60 bits per heavy atom. The van der Waals surface area contributed by atoms with Crippen LogP contribution in [-0.4, -0.2) is 68.2 Å². The van der Waals surface area contributed by atoms with Gasteiger partial charge in [-0.05, 0) is 37.6 Å². The third-order valence-electron chi connectivity index (χ3n) is 5.21. The van der Waals surface area contributed by atoms with E-state index in [0.29, 0.717) is 5.69 Å². The quantitative estimate of drug-likeness (QED) is 0.377. The van der Waals surface area contributed by atoms with Gasteiger partial charge in [-0.25, -0.2) is 4.39 Å². The van der Waals surface area contributed by atoms with E-state index in [4.69, 9.17) is 4.99 Å². The largest absolute Gasteiger partial charge is 0.367 e. The van der Waals surface area contributed by atoms with Crippen molar-refractivity contribution in [2.24, 2.45) is 4.99 Å². The Kier molecular flexibility index (Phi) is 8.90. The smallest absolute Gasteiger partial charge is 0.191 e. The van der Waals surface area contributed by atoms with E-state index in [9.17, 15) is 4.39 Å². The van der Waals surface area contributed by atoms with Crippen molar-refractivity contribution in [2.45, 2.75) is 19.8 Å². The number of hydrogen-bond donors (Lipinski definition) is 2. The fourth-order valence-corrected chi connectivity index (χ4v) is 3.60. The molecule has 6 nitrogen and oxygen atoms in total. The summed E-state index contributed by atoms with van der Waals surface area (Å²) >= 11 is 0. The molecule has 1 aromatic heterocycles. The minimum Gasteiger partial charge on any atom is -0.367 e. The molecule has 1 saturated heterocycles. The molecular weight excluding hydrogens is 379 g/mol. The maximum Gasteiger partial charge on any atom is 0.191 e.